The van der Waals surface area contributed by atoms with Gasteiger partial charge in [-0.1, -0.05) is 0 Å². The smallest absolute Gasteiger partial charge is 0.328 e. The van der Waals surface area contributed by atoms with E-state index in [1.54, 1.807) is 12.4 Å². The first kappa shape index (κ1) is 11.0. The van der Waals surface area contributed by atoms with Gasteiger partial charge in [-0.05, 0) is 0 Å². The lowest BCUT2D eigenvalue weighted by Gasteiger charge is -1.98. The monoisotopic (exact) mass is 209 g/mol. The van der Waals surface area contributed by atoms with Crippen LogP contribution in [-0.4, -0.2) is 33.5 Å². The molecule has 0 atom stereocenters. The topological polar surface area (TPSA) is 95.1 Å². The van der Waals surface area contributed by atoms with Crippen LogP contribution in [0.25, 0.3) is 0 Å². The van der Waals surface area contributed by atoms with Crippen LogP contribution in [0.3, 0.4) is 0 Å². The molecule has 3 N–H and O–H groups in total. The van der Waals surface area contributed by atoms with E-state index in [2.05, 4.69) is 15.3 Å². The number of nitrogens with zero attached hydrogens (tertiary/aromatic N) is 1. The van der Waals surface area contributed by atoms with Crippen molar-refractivity contribution >= 4 is 11.9 Å². The van der Waals surface area contributed by atoms with Gasteiger partial charge in [0.15, 0.2) is 0 Å². The Balaban J connectivity index is 2.20. The molecule has 6 heteroatoms. The Morgan fingerprint density at radius 3 is 2.93 bits per heavy atom. The SMILES string of the molecule is O=C(O)/C=C/C(=O)NCCc1ncc[nH]1. The van der Waals surface area contributed by atoms with Gasteiger partial charge in [0.25, 0.3) is 0 Å². The van der Waals surface area contributed by atoms with Crippen LogP contribution in [0, 0.1) is 0 Å². The number of rotatable bonds is 5. The minimum atomic E-state index is -1.14. The number of carbonyl (C=O) groups excluding carboxylic acids is 1. The van der Waals surface area contributed by atoms with E-state index >= 15 is 0 Å². The summed E-state index contributed by atoms with van der Waals surface area (Å²) in [5.74, 6) is -0.794. The van der Waals surface area contributed by atoms with Crippen LogP contribution in [0.5, 0.6) is 0 Å². The molecular weight excluding hydrogens is 198 g/mol. The maximum atomic E-state index is 11.0. The molecule has 0 bridgehead atoms. The molecule has 0 aliphatic rings. The molecule has 6 nitrogen and oxygen atoms in total. The Kier molecular flexibility index (Phi) is 4.08. The lowest BCUT2D eigenvalue weighted by Crippen LogP contribution is -2.24. The zero-order valence-corrected chi connectivity index (χ0v) is 7.93. The maximum Gasteiger partial charge on any atom is 0.328 e. The van der Waals surface area contributed by atoms with E-state index in [1.165, 1.54) is 0 Å². The number of carboxylic acid groups (broad SMARTS) is 1. The van der Waals surface area contributed by atoms with Crippen molar-refractivity contribution in [2.45, 2.75) is 6.42 Å². The summed E-state index contributed by atoms with van der Waals surface area (Å²) in [5.41, 5.74) is 0. The average Bonchev–Trinajstić information content (AvgIpc) is 2.67. The normalized spacial score (nSPS) is 10.4. The summed E-state index contributed by atoms with van der Waals surface area (Å²) >= 11 is 0. The Hall–Kier alpha value is -2.11. The number of imidazole rings is 1. The van der Waals surface area contributed by atoms with Gasteiger partial charge in [0.2, 0.25) is 5.91 Å². The Morgan fingerprint density at radius 1 is 1.53 bits per heavy atom. The van der Waals surface area contributed by atoms with Gasteiger partial charge in [0, 0.05) is 37.5 Å². The van der Waals surface area contributed by atoms with Crippen LogP contribution in [0.15, 0.2) is 24.5 Å². The zero-order chi connectivity index (χ0) is 11.1. The van der Waals surface area contributed by atoms with E-state index in [0.717, 1.165) is 18.0 Å². The van der Waals surface area contributed by atoms with Crippen LogP contribution in [-0.2, 0) is 16.0 Å². The minimum Gasteiger partial charge on any atom is -0.478 e. The van der Waals surface area contributed by atoms with Gasteiger partial charge in [0.05, 0.1) is 0 Å². The van der Waals surface area contributed by atoms with Gasteiger partial charge in [-0.2, -0.15) is 0 Å². The number of nitrogens with one attached hydrogen (secondary N) is 2. The number of amides is 1. The second-order valence-corrected chi connectivity index (χ2v) is 2.75. The Bertz CT molecular complexity index is 357. The van der Waals surface area contributed by atoms with Crippen molar-refractivity contribution in [2.24, 2.45) is 0 Å². The van der Waals surface area contributed by atoms with E-state index in [9.17, 15) is 9.59 Å². The lowest BCUT2D eigenvalue weighted by molar-refractivity contribution is -0.131. The van der Waals surface area contributed by atoms with E-state index in [1.807, 2.05) is 0 Å². The van der Waals surface area contributed by atoms with Crippen molar-refractivity contribution in [3.8, 4) is 0 Å². The molecule has 0 saturated carbocycles. The predicted octanol–water partition coefficient (Wildman–Crippen LogP) is -0.291. The third kappa shape index (κ3) is 4.61. The summed E-state index contributed by atoms with van der Waals surface area (Å²) in [6, 6.07) is 0. The van der Waals surface area contributed by atoms with E-state index in [-0.39, 0.29) is 0 Å². The molecule has 1 aromatic rings. The Labute approximate surface area is 86.0 Å². The molecule has 0 spiro atoms. The van der Waals surface area contributed by atoms with Gasteiger partial charge in [-0.25, -0.2) is 9.78 Å². The summed E-state index contributed by atoms with van der Waals surface area (Å²) in [7, 11) is 0. The summed E-state index contributed by atoms with van der Waals surface area (Å²) in [6.45, 7) is 0.413. The molecule has 0 aromatic carbocycles. The first-order valence-corrected chi connectivity index (χ1v) is 4.35. The van der Waals surface area contributed by atoms with Crippen molar-refractivity contribution in [1.82, 2.24) is 15.3 Å². The molecule has 15 heavy (non-hydrogen) atoms. The van der Waals surface area contributed by atoms with E-state index < -0.39 is 11.9 Å². The van der Waals surface area contributed by atoms with Gasteiger partial charge in [-0.3, -0.25) is 4.79 Å². The molecule has 80 valence electrons. The number of hydrogen-bond donors (Lipinski definition) is 3. The quantitative estimate of drug-likeness (QED) is 0.580. The molecule has 0 unspecified atom stereocenters. The fourth-order valence-electron chi connectivity index (χ4n) is 0.945. The summed E-state index contributed by atoms with van der Waals surface area (Å²) in [5, 5.41) is 10.8. The third-order valence-corrected chi connectivity index (χ3v) is 1.59. The second kappa shape index (κ2) is 5.58. The van der Waals surface area contributed by atoms with Gasteiger partial charge in [-0.15, -0.1) is 0 Å². The highest BCUT2D eigenvalue weighted by atomic mass is 16.4. The van der Waals surface area contributed by atoms with E-state index in [0.29, 0.717) is 13.0 Å². The van der Waals surface area contributed by atoms with Crippen molar-refractivity contribution < 1.29 is 14.7 Å². The fraction of sp³-hybridized carbons (Fsp3) is 0.222. The van der Waals surface area contributed by atoms with Gasteiger partial charge in [0.1, 0.15) is 5.82 Å². The summed E-state index contributed by atoms with van der Waals surface area (Å²) < 4.78 is 0. The molecule has 1 rings (SSSR count). The highest BCUT2D eigenvalue weighted by molar-refractivity contribution is 5.93. The highest BCUT2D eigenvalue weighted by Crippen LogP contribution is 1.87. The number of H-pyrrole nitrogens is 1. The van der Waals surface area contributed by atoms with Crippen LogP contribution in [0.2, 0.25) is 0 Å². The molecule has 1 aromatic heterocycles. The second-order valence-electron chi connectivity index (χ2n) is 2.75. The third-order valence-electron chi connectivity index (χ3n) is 1.59. The molecule has 0 saturated heterocycles. The number of aromatic amines is 1. The number of aromatic nitrogens is 2. The minimum absolute atomic E-state index is 0.413. The molecule has 0 aliphatic carbocycles. The molecular formula is C9H11N3O3. The van der Waals surface area contributed by atoms with Gasteiger partial charge < -0.3 is 15.4 Å². The molecule has 0 radical (unpaired) electrons. The van der Waals surface area contributed by atoms with Crippen LogP contribution in [0.1, 0.15) is 5.82 Å². The zero-order valence-electron chi connectivity index (χ0n) is 7.93. The predicted molar refractivity (Wildman–Crippen MR) is 52.1 cm³/mol. The van der Waals surface area contributed by atoms with E-state index in [4.69, 9.17) is 5.11 Å². The van der Waals surface area contributed by atoms with Crippen molar-refractivity contribution in [3.05, 3.63) is 30.4 Å². The van der Waals surface area contributed by atoms with Crippen LogP contribution >= 0.6 is 0 Å². The number of hydrogen-bond acceptors (Lipinski definition) is 3. The molecule has 0 aliphatic heterocycles. The maximum absolute atomic E-state index is 11.0. The standard InChI is InChI=1S/C9H11N3O3/c13-8(1-2-9(14)15)12-4-3-7-10-5-6-11-7/h1-2,5-6H,3-4H2,(H,10,11)(H,12,13)(H,14,15)/b2-1+. The first-order valence-electron chi connectivity index (χ1n) is 4.35. The Morgan fingerprint density at radius 2 is 2.33 bits per heavy atom. The summed E-state index contributed by atoms with van der Waals surface area (Å²) in [6.07, 6.45) is 5.68. The average molecular weight is 209 g/mol. The number of aliphatic carboxylic acids is 1. The number of carboxylic acids is 1. The molecule has 0 fully saturated rings. The first-order chi connectivity index (χ1) is 7.18. The molecule has 1 heterocycles. The summed E-state index contributed by atoms with van der Waals surface area (Å²) in [4.78, 5) is 27.9. The largest absolute Gasteiger partial charge is 0.478 e. The van der Waals surface area contributed by atoms with Crippen LogP contribution < -0.4 is 5.32 Å². The van der Waals surface area contributed by atoms with Crippen LogP contribution in [0.4, 0.5) is 0 Å². The lowest BCUT2D eigenvalue weighted by atomic mass is 10.4. The van der Waals surface area contributed by atoms with Gasteiger partial charge >= 0.3 is 5.97 Å². The van der Waals surface area contributed by atoms with Crippen molar-refractivity contribution in [1.29, 1.82) is 0 Å². The molecule has 1 amide bonds. The fourth-order valence-corrected chi connectivity index (χ4v) is 0.945. The van der Waals surface area contributed by atoms with Crippen molar-refractivity contribution in [3.63, 3.8) is 0 Å². The highest BCUT2D eigenvalue weighted by Gasteiger charge is 1.98. The number of carbonyl (C=O) groups is 2. The van der Waals surface area contributed by atoms with Crippen molar-refractivity contribution in [2.75, 3.05) is 6.54 Å².